The minimum absolute atomic E-state index is 0.406. The minimum Gasteiger partial charge on any atom is -0.389 e. The van der Waals surface area contributed by atoms with Crippen LogP contribution in [-0.2, 0) is 9.47 Å². The number of hydrogen-bond acceptors (Lipinski definition) is 5. The lowest BCUT2D eigenvalue weighted by atomic mass is 10.3. The highest BCUT2D eigenvalue weighted by molar-refractivity contribution is 6.82. The van der Waals surface area contributed by atoms with Crippen molar-refractivity contribution in [2.45, 2.75) is 63.4 Å². The molecule has 1 fully saturated rings. The van der Waals surface area contributed by atoms with E-state index in [0.29, 0.717) is 13.2 Å². The first-order valence-corrected chi connectivity index (χ1v) is 17.6. The van der Waals surface area contributed by atoms with Crippen LogP contribution in [-0.4, -0.2) is 91.4 Å². The lowest BCUT2D eigenvalue weighted by Gasteiger charge is -2.27. The monoisotopic (exact) mass is 404 g/mol. The Morgan fingerprint density at radius 3 is 2.42 bits per heavy atom. The van der Waals surface area contributed by atoms with Gasteiger partial charge in [0.25, 0.3) is 0 Å². The van der Waals surface area contributed by atoms with Crippen molar-refractivity contribution in [1.29, 1.82) is 0 Å². The van der Waals surface area contributed by atoms with E-state index in [1.807, 2.05) is 0 Å². The van der Waals surface area contributed by atoms with E-state index < -0.39 is 22.3 Å². The van der Waals surface area contributed by atoms with Crippen LogP contribution in [0.2, 0.25) is 50.9 Å². The molecule has 1 aliphatic rings. The van der Waals surface area contributed by atoms with Gasteiger partial charge in [-0.2, -0.15) is 0 Å². The first-order chi connectivity index (χ1) is 12.2. The molecule has 1 rings (SSSR count). The molecule has 7 heteroatoms. The summed E-state index contributed by atoms with van der Waals surface area (Å²) in [5.41, 5.74) is 0. The predicted octanol–water partition coefficient (Wildman–Crippen LogP) is 2.72. The third kappa shape index (κ3) is 13.4. The largest absolute Gasteiger partial charge is 0.389 e. The van der Waals surface area contributed by atoms with Gasteiger partial charge < -0.3 is 19.9 Å². The molecule has 1 atom stereocenters. The summed E-state index contributed by atoms with van der Waals surface area (Å²) >= 11 is 0. The molecule has 0 spiro atoms. The molecule has 0 bridgehead atoms. The second-order valence-electron chi connectivity index (χ2n) is 9.72. The van der Waals surface area contributed by atoms with Crippen LogP contribution in [0.25, 0.3) is 0 Å². The molecule has 0 saturated carbocycles. The average molecular weight is 405 g/mol. The maximum absolute atomic E-state index is 10.0. The van der Waals surface area contributed by atoms with Crippen molar-refractivity contribution < 1.29 is 14.6 Å². The second-order valence-corrected chi connectivity index (χ2v) is 20.7. The zero-order valence-corrected chi connectivity index (χ0v) is 20.0. The summed E-state index contributed by atoms with van der Waals surface area (Å²) in [6, 6.07) is 4.26. The zero-order valence-electron chi connectivity index (χ0n) is 18.0. The van der Waals surface area contributed by atoms with Crippen molar-refractivity contribution >= 4 is 16.1 Å². The lowest BCUT2D eigenvalue weighted by Crippen LogP contribution is -2.41. The molecule has 26 heavy (non-hydrogen) atoms. The smallest absolute Gasteiger partial charge is 0.0897 e. The Hall–Kier alpha value is 0.234. The molecular formula is C19H44N2O3Si2. The molecule has 1 heterocycles. The van der Waals surface area contributed by atoms with Crippen LogP contribution in [0.5, 0.6) is 0 Å². The molecule has 0 aromatic carbocycles. The van der Waals surface area contributed by atoms with Crippen molar-refractivity contribution in [2.24, 2.45) is 0 Å². The van der Waals surface area contributed by atoms with E-state index in [0.717, 1.165) is 52.4 Å². The molecule has 0 aliphatic carbocycles. The third-order valence-corrected chi connectivity index (χ3v) is 10.7. The molecule has 1 aliphatic heterocycles. The maximum Gasteiger partial charge on any atom is 0.0897 e. The van der Waals surface area contributed by atoms with Crippen LogP contribution >= 0.6 is 0 Å². The first kappa shape index (κ1) is 24.3. The molecule has 1 unspecified atom stereocenters. The average Bonchev–Trinajstić information content (AvgIpc) is 2.57. The molecular weight excluding hydrogens is 360 g/mol. The summed E-state index contributed by atoms with van der Waals surface area (Å²) < 4.78 is 11.0. The van der Waals surface area contributed by atoms with Gasteiger partial charge in [-0.15, -0.1) is 0 Å². The molecule has 1 saturated heterocycles. The van der Waals surface area contributed by atoms with Gasteiger partial charge in [-0.3, -0.25) is 4.90 Å². The topological polar surface area (TPSA) is 54.0 Å². The van der Waals surface area contributed by atoms with E-state index in [4.69, 9.17) is 9.47 Å². The molecule has 156 valence electrons. The van der Waals surface area contributed by atoms with Crippen LogP contribution in [0.3, 0.4) is 0 Å². The summed E-state index contributed by atoms with van der Waals surface area (Å²) in [6.07, 6.45) is 0.735. The van der Waals surface area contributed by atoms with Gasteiger partial charge in [0.15, 0.2) is 0 Å². The lowest BCUT2D eigenvalue weighted by molar-refractivity contribution is 0.0314. The van der Waals surface area contributed by atoms with Crippen LogP contribution in [0, 0.1) is 0 Å². The Kier molecular flexibility index (Phi) is 11.8. The Balaban J connectivity index is 1.96. The number of morpholine rings is 1. The van der Waals surface area contributed by atoms with Crippen molar-refractivity contribution in [1.82, 2.24) is 10.2 Å². The molecule has 5 nitrogen and oxygen atoms in total. The van der Waals surface area contributed by atoms with Gasteiger partial charge in [0.1, 0.15) is 0 Å². The van der Waals surface area contributed by atoms with Crippen LogP contribution in [0.4, 0.5) is 0 Å². The second kappa shape index (κ2) is 12.6. The normalized spacial score (nSPS) is 18.2. The predicted molar refractivity (Wildman–Crippen MR) is 117 cm³/mol. The Labute approximate surface area is 163 Å². The van der Waals surface area contributed by atoms with E-state index in [1.165, 1.54) is 18.1 Å². The summed E-state index contributed by atoms with van der Waals surface area (Å²) in [4.78, 5) is 2.40. The molecule has 0 amide bonds. The highest BCUT2D eigenvalue weighted by Gasteiger charge is 2.23. The van der Waals surface area contributed by atoms with E-state index >= 15 is 0 Å². The number of nitrogens with one attached hydrogen (secondary N) is 1. The van der Waals surface area contributed by atoms with E-state index in [2.05, 4.69) is 43.0 Å². The van der Waals surface area contributed by atoms with Crippen molar-refractivity contribution in [3.8, 4) is 0 Å². The SMILES string of the molecule is C[Si](C)(C)CC[Si](C)(C)CCCOCC(O)CNCCN1CCOCC1. The zero-order chi connectivity index (χ0) is 19.5. The van der Waals surface area contributed by atoms with Gasteiger partial charge in [0.05, 0.1) is 25.9 Å². The summed E-state index contributed by atoms with van der Waals surface area (Å²) in [5, 5.41) is 13.3. The molecule has 0 aromatic rings. The molecule has 2 N–H and O–H groups in total. The highest BCUT2D eigenvalue weighted by atomic mass is 28.3. The molecule has 0 aromatic heterocycles. The fourth-order valence-corrected chi connectivity index (χ4v) is 10.2. The quantitative estimate of drug-likeness (QED) is 0.344. The van der Waals surface area contributed by atoms with Crippen LogP contribution in [0.1, 0.15) is 6.42 Å². The summed E-state index contributed by atoms with van der Waals surface area (Å²) in [6.45, 7) is 19.9. The van der Waals surface area contributed by atoms with Crippen molar-refractivity contribution in [3.05, 3.63) is 0 Å². The van der Waals surface area contributed by atoms with Crippen molar-refractivity contribution in [2.75, 3.05) is 59.2 Å². The van der Waals surface area contributed by atoms with Gasteiger partial charge in [-0.1, -0.05) is 50.9 Å². The number of aliphatic hydroxyl groups is 1. The van der Waals surface area contributed by atoms with Gasteiger partial charge >= 0.3 is 0 Å². The number of nitrogens with zero attached hydrogens (tertiary/aromatic N) is 1. The van der Waals surface area contributed by atoms with Gasteiger partial charge in [0.2, 0.25) is 0 Å². The number of aliphatic hydroxyl groups excluding tert-OH is 1. The maximum atomic E-state index is 10.0. The summed E-state index contributed by atoms with van der Waals surface area (Å²) in [7, 11) is -1.98. The van der Waals surface area contributed by atoms with Gasteiger partial charge in [-0.05, 0) is 6.42 Å². The van der Waals surface area contributed by atoms with Gasteiger partial charge in [0, 0.05) is 55.5 Å². The standard InChI is InChI=1S/C19H44N2O3Si2/c1-25(2,3)15-16-26(4,5)14-6-11-24-18-19(22)17-20-7-8-21-9-12-23-13-10-21/h19-20,22H,6-18H2,1-5H3. The van der Waals surface area contributed by atoms with E-state index in [-0.39, 0.29) is 0 Å². The Morgan fingerprint density at radius 1 is 1.08 bits per heavy atom. The highest BCUT2D eigenvalue weighted by Crippen LogP contribution is 2.24. The number of hydrogen-bond donors (Lipinski definition) is 2. The first-order valence-electron chi connectivity index (χ1n) is 10.4. The van der Waals surface area contributed by atoms with Crippen molar-refractivity contribution in [3.63, 3.8) is 0 Å². The van der Waals surface area contributed by atoms with E-state index in [1.54, 1.807) is 0 Å². The van der Waals surface area contributed by atoms with Crippen LogP contribution in [0.15, 0.2) is 0 Å². The number of ether oxygens (including phenoxy) is 2. The van der Waals surface area contributed by atoms with E-state index in [9.17, 15) is 5.11 Å². The van der Waals surface area contributed by atoms with Crippen LogP contribution < -0.4 is 5.32 Å². The minimum atomic E-state index is -1.07. The Bertz CT molecular complexity index is 359. The van der Waals surface area contributed by atoms with Gasteiger partial charge in [-0.25, -0.2) is 0 Å². The number of rotatable bonds is 14. The fraction of sp³-hybridized carbons (Fsp3) is 1.00. The fourth-order valence-electron chi connectivity index (χ4n) is 3.10. The summed E-state index contributed by atoms with van der Waals surface area (Å²) in [5.74, 6) is 0. The Morgan fingerprint density at radius 2 is 1.77 bits per heavy atom. The third-order valence-electron chi connectivity index (χ3n) is 5.09. The molecule has 0 radical (unpaired) electrons.